The molecule has 0 radical (unpaired) electrons. The quantitative estimate of drug-likeness (QED) is 0.625. The molecule has 126 valence electrons. The Balaban J connectivity index is 1.89. The third-order valence-electron chi connectivity index (χ3n) is 3.88. The van der Waals surface area contributed by atoms with Crippen LogP contribution in [0.25, 0.3) is 11.4 Å². The van der Waals surface area contributed by atoms with E-state index in [2.05, 4.69) is 27.8 Å². The summed E-state index contributed by atoms with van der Waals surface area (Å²) in [6, 6.07) is 17.7. The molecule has 0 aliphatic carbocycles. The summed E-state index contributed by atoms with van der Waals surface area (Å²) in [4.78, 5) is 0. The number of aromatic nitrogens is 3. The lowest BCUT2D eigenvalue weighted by Gasteiger charge is -2.10. The van der Waals surface area contributed by atoms with Gasteiger partial charge in [-0.3, -0.25) is 0 Å². The van der Waals surface area contributed by atoms with Gasteiger partial charge in [0, 0.05) is 12.3 Å². The Morgan fingerprint density at radius 1 is 1.12 bits per heavy atom. The molecule has 5 nitrogen and oxygen atoms in total. The van der Waals surface area contributed by atoms with E-state index in [4.69, 9.17) is 4.74 Å². The number of ether oxygens (including phenoxy) is 1. The largest absolute Gasteiger partial charge is 0.496 e. The minimum atomic E-state index is 0.674. The highest BCUT2D eigenvalue weighted by Gasteiger charge is 2.16. The van der Waals surface area contributed by atoms with E-state index in [0.717, 1.165) is 34.4 Å². The Hall–Kier alpha value is -2.78. The van der Waals surface area contributed by atoms with Gasteiger partial charge in [-0.25, -0.2) is 0 Å². The summed E-state index contributed by atoms with van der Waals surface area (Å²) in [6.45, 7) is 2.82. The highest BCUT2D eigenvalue weighted by atomic mass is 32.2. The van der Waals surface area contributed by atoms with Gasteiger partial charge < -0.3 is 9.30 Å². The first-order valence-electron chi connectivity index (χ1n) is 7.95. The standard InChI is InChI=1S/C19H18N4OS/c1-3-23-18(16-10-6-7-11-17(16)24-2)21-22-19(23)25-13-15-9-5-4-8-14(15)12-20/h4-11H,3,13H2,1-2H3. The van der Waals surface area contributed by atoms with Crippen molar-refractivity contribution in [3.8, 4) is 23.2 Å². The highest BCUT2D eigenvalue weighted by molar-refractivity contribution is 7.98. The molecular formula is C19H18N4OS. The maximum absolute atomic E-state index is 9.22. The van der Waals surface area contributed by atoms with Gasteiger partial charge in [0.05, 0.1) is 24.3 Å². The van der Waals surface area contributed by atoms with E-state index >= 15 is 0 Å². The molecule has 3 rings (SSSR count). The van der Waals surface area contributed by atoms with Crippen molar-refractivity contribution in [1.82, 2.24) is 14.8 Å². The number of nitrogens with zero attached hydrogens (tertiary/aromatic N) is 4. The first-order chi connectivity index (χ1) is 12.3. The summed E-state index contributed by atoms with van der Waals surface area (Å²) >= 11 is 1.58. The molecule has 0 aliphatic rings. The van der Waals surface area contributed by atoms with Crippen molar-refractivity contribution in [2.75, 3.05) is 7.11 Å². The van der Waals surface area contributed by atoms with Gasteiger partial charge in [-0.05, 0) is 30.7 Å². The molecule has 1 aromatic heterocycles. The van der Waals surface area contributed by atoms with Crippen molar-refractivity contribution in [2.45, 2.75) is 24.4 Å². The SMILES string of the molecule is CCn1c(SCc2ccccc2C#N)nnc1-c1ccccc1OC. The lowest BCUT2D eigenvalue weighted by Crippen LogP contribution is -2.01. The fraction of sp³-hybridized carbons (Fsp3) is 0.211. The number of benzene rings is 2. The second-order valence-corrected chi connectivity index (χ2v) is 6.25. The van der Waals surface area contributed by atoms with E-state index in [9.17, 15) is 5.26 Å². The molecular weight excluding hydrogens is 332 g/mol. The van der Waals surface area contributed by atoms with Crippen LogP contribution in [0.3, 0.4) is 0 Å². The third-order valence-corrected chi connectivity index (χ3v) is 4.89. The number of hydrogen-bond acceptors (Lipinski definition) is 5. The van der Waals surface area contributed by atoms with Crippen LogP contribution < -0.4 is 4.74 Å². The van der Waals surface area contributed by atoms with E-state index in [1.54, 1.807) is 18.9 Å². The smallest absolute Gasteiger partial charge is 0.191 e. The van der Waals surface area contributed by atoms with Crippen LogP contribution in [-0.4, -0.2) is 21.9 Å². The van der Waals surface area contributed by atoms with Gasteiger partial charge in [-0.1, -0.05) is 42.1 Å². The zero-order valence-electron chi connectivity index (χ0n) is 14.1. The van der Waals surface area contributed by atoms with Gasteiger partial charge in [0.2, 0.25) is 0 Å². The average Bonchev–Trinajstić information content (AvgIpc) is 3.09. The zero-order valence-corrected chi connectivity index (χ0v) is 15.0. The van der Waals surface area contributed by atoms with Crippen LogP contribution in [0, 0.1) is 11.3 Å². The Bertz CT molecular complexity index is 914. The summed E-state index contributed by atoms with van der Waals surface area (Å²) in [5, 5.41) is 18.8. The summed E-state index contributed by atoms with van der Waals surface area (Å²) in [5.74, 6) is 2.24. The lowest BCUT2D eigenvalue weighted by atomic mass is 10.1. The number of methoxy groups -OCH3 is 1. The summed E-state index contributed by atoms with van der Waals surface area (Å²) in [6.07, 6.45) is 0. The van der Waals surface area contributed by atoms with E-state index in [-0.39, 0.29) is 0 Å². The monoisotopic (exact) mass is 350 g/mol. The van der Waals surface area contributed by atoms with Crippen LogP contribution in [0.15, 0.2) is 53.7 Å². The van der Waals surface area contributed by atoms with Crippen molar-refractivity contribution in [2.24, 2.45) is 0 Å². The molecule has 0 amide bonds. The second-order valence-electron chi connectivity index (χ2n) is 5.31. The maximum atomic E-state index is 9.22. The molecule has 0 saturated carbocycles. The Morgan fingerprint density at radius 3 is 2.64 bits per heavy atom. The van der Waals surface area contributed by atoms with Crippen LogP contribution in [-0.2, 0) is 12.3 Å². The fourth-order valence-corrected chi connectivity index (χ4v) is 3.61. The van der Waals surface area contributed by atoms with E-state index in [1.165, 1.54) is 0 Å². The van der Waals surface area contributed by atoms with Crippen molar-refractivity contribution >= 4 is 11.8 Å². The number of hydrogen-bond donors (Lipinski definition) is 0. The normalized spacial score (nSPS) is 10.4. The van der Waals surface area contributed by atoms with Gasteiger partial charge in [-0.15, -0.1) is 10.2 Å². The zero-order chi connectivity index (χ0) is 17.6. The van der Waals surface area contributed by atoms with Crippen LogP contribution in [0.4, 0.5) is 0 Å². The van der Waals surface area contributed by atoms with Crippen molar-refractivity contribution in [3.05, 3.63) is 59.7 Å². The molecule has 0 atom stereocenters. The maximum Gasteiger partial charge on any atom is 0.191 e. The molecule has 0 spiro atoms. The van der Waals surface area contributed by atoms with Crippen molar-refractivity contribution in [1.29, 1.82) is 5.26 Å². The number of rotatable bonds is 6. The van der Waals surface area contributed by atoms with Gasteiger partial charge in [0.25, 0.3) is 0 Å². The molecule has 25 heavy (non-hydrogen) atoms. The predicted octanol–water partition coefficient (Wildman–Crippen LogP) is 4.14. The van der Waals surface area contributed by atoms with Crippen LogP contribution in [0.1, 0.15) is 18.1 Å². The first kappa shape index (κ1) is 17.1. The van der Waals surface area contributed by atoms with Crippen LogP contribution >= 0.6 is 11.8 Å². The molecule has 0 N–H and O–H groups in total. The summed E-state index contributed by atoms with van der Waals surface area (Å²) < 4.78 is 7.51. The predicted molar refractivity (Wildman–Crippen MR) is 98.4 cm³/mol. The molecule has 0 unspecified atom stereocenters. The highest BCUT2D eigenvalue weighted by Crippen LogP contribution is 2.31. The molecule has 1 heterocycles. The number of thioether (sulfide) groups is 1. The van der Waals surface area contributed by atoms with Gasteiger partial charge in [0.15, 0.2) is 11.0 Å². The Morgan fingerprint density at radius 2 is 1.88 bits per heavy atom. The molecule has 3 aromatic rings. The number of nitriles is 1. The molecule has 0 bridgehead atoms. The average molecular weight is 350 g/mol. The van der Waals surface area contributed by atoms with Crippen LogP contribution in [0.2, 0.25) is 0 Å². The molecule has 6 heteroatoms. The minimum absolute atomic E-state index is 0.674. The van der Waals surface area contributed by atoms with E-state index in [1.807, 2.05) is 48.5 Å². The van der Waals surface area contributed by atoms with Crippen molar-refractivity contribution < 1.29 is 4.74 Å². The summed E-state index contributed by atoms with van der Waals surface area (Å²) in [5.41, 5.74) is 2.62. The topological polar surface area (TPSA) is 63.7 Å². The Labute approximate surface area is 151 Å². The van der Waals surface area contributed by atoms with Crippen molar-refractivity contribution in [3.63, 3.8) is 0 Å². The molecule has 0 fully saturated rings. The molecule has 0 aliphatic heterocycles. The van der Waals surface area contributed by atoms with E-state index in [0.29, 0.717) is 11.3 Å². The van der Waals surface area contributed by atoms with Gasteiger partial charge in [0.1, 0.15) is 5.75 Å². The molecule has 0 saturated heterocycles. The lowest BCUT2D eigenvalue weighted by molar-refractivity contribution is 0.416. The molecule has 2 aromatic carbocycles. The minimum Gasteiger partial charge on any atom is -0.496 e. The van der Waals surface area contributed by atoms with E-state index < -0.39 is 0 Å². The van der Waals surface area contributed by atoms with Crippen LogP contribution in [0.5, 0.6) is 5.75 Å². The second kappa shape index (κ2) is 7.86. The summed E-state index contributed by atoms with van der Waals surface area (Å²) in [7, 11) is 1.65. The third kappa shape index (κ3) is 3.52. The van der Waals surface area contributed by atoms with Gasteiger partial charge in [-0.2, -0.15) is 5.26 Å². The number of para-hydroxylation sites is 1. The fourth-order valence-electron chi connectivity index (χ4n) is 2.61. The Kier molecular flexibility index (Phi) is 5.36. The van der Waals surface area contributed by atoms with Gasteiger partial charge >= 0.3 is 0 Å². The first-order valence-corrected chi connectivity index (χ1v) is 8.94.